The standard InChI is InChI=1S/C14H18N2OS/c1-8-6-7-9(2)11-10(8)15-13(18-11)16-12(17)14(3,4)5/h6-7H,1-5H3,(H,15,16,17). The molecule has 0 saturated heterocycles. The molecule has 0 radical (unpaired) electrons. The van der Waals surface area contributed by atoms with Gasteiger partial charge in [0.05, 0.1) is 10.2 Å². The van der Waals surface area contributed by atoms with E-state index in [1.54, 1.807) is 0 Å². The summed E-state index contributed by atoms with van der Waals surface area (Å²) in [6, 6.07) is 4.15. The van der Waals surface area contributed by atoms with Crippen molar-refractivity contribution in [2.75, 3.05) is 5.32 Å². The third-order valence-corrected chi connectivity index (χ3v) is 3.95. The van der Waals surface area contributed by atoms with Gasteiger partial charge < -0.3 is 5.32 Å². The molecule has 0 spiro atoms. The van der Waals surface area contributed by atoms with E-state index >= 15 is 0 Å². The van der Waals surface area contributed by atoms with Crippen molar-refractivity contribution in [3.63, 3.8) is 0 Å². The van der Waals surface area contributed by atoms with Gasteiger partial charge in [-0.1, -0.05) is 44.2 Å². The Morgan fingerprint density at radius 1 is 1.22 bits per heavy atom. The second-order valence-electron chi connectivity index (χ2n) is 5.60. The Morgan fingerprint density at radius 2 is 1.83 bits per heavy atom. The first-order chi connectivity index (χ1) is 8.29. The molecule has 0 aliphatic heterocycles. The number of carbonyl (C=O) groups is 1. The van der Waals surface area contributed by atoms with Crippen molar-refractivity contribution in [1.29, 1.82) is 0 Å². The van der Waals surface area contributed by atoms with Crippen LogP contribution < -0.4 is 5.32 Å². The molecule has 1 aromatic carbocycles. The lowest BCUT2D eigenvalue weighted by atomic mass is 9.96. The van der Waals surface area contributed by atoms with E-state index in [4.69, 9.17) is 0 Å². The molecule has 18 heavy (non-hydrogen) atoms. The predicted molar refractivity (Wildman–Crippen MR) is 77.2 cm³/mol. The quantitative estimate of drug-likeness (QED) is 0.847. The molecule has 4 heteroatoms. The van der Waals surface area contributed by atoms with Gasteiger partial charge in [0.2, 0.25) is 5.91 Å². The first-order valence-corrected chi connectivity index (χ1v) is 6.79. The summed E-state index contributed by atoms with van der Waals surface area (Å²) in [6.07, 6.45) is 0. The van der Waals surface area contributed by atoms with E-state index in [0.717, 1.165) is 15.8 Å². The molecule has 1 N–H and O–H groups in total. The fourth-order valence-corrected chi connectivity index (χ4v) is 2.60. The molecule has 0 aliphatic rings. The van der Waals surface area contributed by atoms with Gasteiger partial charge >= 0.3 is 0 Å². The molecule has 1 heterocycles. The van der Waals surface area contributed by atoms with Crippen LogP contribution in [0, 0.1) is 19.3 Å². The maximum absolute atomic E-state index is 11.9. The summed E-state index contributed by atoms with van der Waals surface area (Å²) in [7, 11) is 0. The fraction of sp³-hybridized carbons (Fsp3) is 0.429. The van der Waals surface area contributed by atoms with Crippen molar-refractivity contribution in [3.05, 3.63) is 23.3 Å². The molecule has 96 valence electrons. The summed E-state index contributed by atoms with van der Waals surface area (Å²) in [5, 5.41) is 3.58. The normalized spacial score (nSPS) is 11.8. The highest BCUT2D eigenvalue weighted by Gasteiger charge is 2.22. The van der Waals surface area contributed by atoms with Crippen LogP contribution in [0.25, 0.3) is 10.2 Å². The van der Waals surface area contributed by atoms with Crippen LogP contribution in [-0.4, -0.2) is 10.9 Å². The van der Waals surface area contributed by atoms with Crippen molar-refractivity contribution in [2.24, 2.45) is 5.41 Å². The molecule has 1 aromatic heterocycles. The summed E-state index contributed by atoms with van der Waals surface area (Å²) >= 11 is 1.54. The van der Waals surface area contributed by atoms with Gasteiger partial charge in [-0.15, -0.1) is 0 Å². The zero-order valence-electron chi connectivity index (χ0n) is 11.4. The number of fused-ring (bicyclic) bond motifs is 1. The van der Waals surface area contributed by atoms with Crippen molar-refractivity contribution >= 4 is 32.6 Å². The zero-order valence-corrected chi connectivity index (χ0v) is 12.2. The van der Waals surface area contributed by atoms with E-state index in [2.05, 4.69) is 29.4 Å². The van der Waals surface area contributed by atoms with Crippen LogP contribution >= 0.6 is 11.3 Å². The Hall–Kier alpha value is -1.42. The molecule has 2 rings (SSSR count). The van der Waals surface area contributed by atoms with Gasteiger partial charge in [-0.05, 0) is 25.0 Å². The van der Waals surface area contributed by atoms with Crippen LogP contribution in [0.3, 0.4) is 0 Å². The minimum absolute atomic E-state index is 0.00291. The van der Waals surface area contributed by atoms with Gasteiger partial charge in [0.1, 0.15) is 0 Å². The first-order valence-electron chi connectivity index (χ1n) is 5.97. The van der Waals surface area contributed by atoms with Crippen molar-refractivity contribution in [3.8, 4) is 0 Å². The van der Waals surface area contributed by atoms with E-state index in [1.165, 1.54) is 16.9 Å². The summed E-state index contributed by atoms with van der Waals surface area (Å²) in [6.45, 7) is 9.79. The number of aromatic nitrogens is 1. The molecule has 1 amide bonds. The largest absolute Gasteiger partial charge is 0.301 e. The number of aryl methyl sites for hydroxylation is 2. The smallest absolute Gasteiger partial charge is 0.231 e. The summed E-state index contributed by atoms with van der Waals surface area (Å²) in [5.74, 6) is -0.00291. The number of amides is 1. The Labute approximate surface area is 111 Å². The highest BCUT2D eigenvalue weighted by atomic mass is 32.1. The average Bonchev–Trinajstić information content (AvgIpc) is 2.67. The second kappa shape index (κ2) is 4.35. The molecular formula is C14H18N2OS. The van der Waals surface area contributed by atoms with Gasteiger partial charge in [-0.3, -0.25) is 4.79 Å². The maximum Gasteiger partial charge on any atom is 0.231 e. The van der Waals surface area contributed by atoms with E-state index in [0.29, 0.717) is 5.13 Å². The number of hydrogen-bond acceptors (Lipinski definition) is 3. The molecule has 0 saturated carbocycles. The van der Waals surface area contributed by atoms with Crippen LogP contribution in [0.15, 0.2) is 12.1 Å². The molecule has 0 atom stereocenters. The van der Waals surface area contributed by atoms with Crippen LogP contribution in [-0.2, 0) is 4.79 Å². The van der Waals surface area contributed by atoms with E-state index < -0.39 is 5.41 Å². The van der Waals surface area contributed by atoms with Crippen LogP contribution in [0.4, 0.5) is 5.13 Å². The van der Waals surface area contributed by atoms with Crippen molar-refractivity contribution in [1.82, 2.24) is 4.98 Å². The highest BCUT2D eigenvalue weighted by Crippen LogP contribution is 2.31. The van der Waals surface area contributed by atoms with E-state index in [9.17, 15) is 4.79 Å². The maximum atomic E-state index is 11.9. The number of thiazole rings is 1. The fourth-order valence-electron chi connectivity index (χ4n) is 1.60. The van der Waals surface area contributed by atoms with Gasteiger partial charge in [-0.25, -0.2) is 4.98 Å². The molecule has 0 aliphatic carbocycles. The summed E-state index contributed by atoms with van der Waals surface area (Å²) < 4.78 is 1.15. The highest BCUT2D eigenvalue weighted by molar-refractivity contribution is 7.22. The third kappa shape index (κ3) is 2.38. The third-order valence-electron chi connectivity index (χ3n) is 2.84. The number of hydrogen-bond donors (Lipinski definition) is 1. The lowest BCUT2D eigenvalue weighted by molar-refractivity contribution is -0.123. The molecule has 0 bridgehead atoms. The SMILES string of the molecule is Cc1ccc(C)c2sc(NC(=O)C(C)(C)C)nc12. The number of nitrogens with zero attached hydrogens (tertiary/aromatic N) is 1. The Bertz CT molecular complexity index is 569. The number of benzene rings is 1. The first kappa shape index (κ1) is 13.0. The average molecular weight is 262 g/mol. The van der Waals surface area contributed by atoms with Gasteiger partial charge in [0, 0.05) is 5.41 Å². The topological polar surface area (TPSA) is 42.0 Å². The monoisotopic (exact) mass is 262 g/mol. The lowest BCUT2D eigenvalue weighted by Gasteiger charge is -2.15. The minimum Gasteiger partial charge on any atom is -0.301 e. The van der Waals surface area contributed by atoms with Crippen molar-refractivity contribution in [2.45, 2.75) is 34.6 Å². The Kier molecular flexibility index (Phi) is 3.15. The Morgan fingerprint density at radius 3 is 2.39 bits per heavy atom. The zero-order chi connectivity index (χ0) is 13.5. The van der Waals surface area contributed by atoms with Crippen LogP contribution in [0.5, 0.6) is 0 Å². The van der Waals surface area contributed by atoms with Gasteiger partial charge in [0.15, 0.2) is 5.13 Å². The van der Waals surface area contributed by atoms with E-state index in [-0.39, 0.29) is 5.91 Å². The summed E-state index contributed by atoms with van der Waals surface area (Å²) in [5.41, 5.74) is 2.93. The molecule has 0 fully saturated rings. The predicted octanol–water partition coefficient (Wildman–Crippen LogP) is 3.90. The number of carbonyl (C=O) groups excluding carboxylic acids is 1. The Balaban J connectivity index is 2.40. The number of anilines is 1. The molecule has 2 aromatic rings. The molecule has 0 unspecified atom stereocenters. The second-order valence-corrected chi connectivity index (χ2v) is 6.60. The van der Waals surface area contributed by atoms with Crippen molar-refractivity contribution < 1.29 is 4.79 Å². The van der Waals surface area contributed by atoms with Gasteiger partial charge in [0.25, 0.3) is 0 Å². The number of nitrogens with one attached hydrogen (secondary N) is 1. The lowest BCUT2D eigenvalue weighted by Crippen LogP contribution is -2.27. The van der Waals surface area contributed by atoms with Crippen LogP contribution in [0.1, 0.15) is 31.9 Å². The van der Waals surface area contributed by atoms with Crippen LogP contribution in [0.2, 0.25) is 0 Å². The number of rotatable bonds is 1. The molecule has 3 nitrogen and oxygen atoms in total. The van der Waals surface area contributed by atoms with E-state index in [1.807, 2.05) is 27.7 Å². The molecular weight excluding hydrogens is 244 g/mol. The van der Waals surface area contributed by atoms with Gasteiger partial charge in [-0.2, -0.15) is 0 Å². The summed E-state index contributed by atoms with van der Waals surface area (Å²) in [4.78, 5) is 16.4. The minimum atomic E-state index is -0.401.